The van der Waals surface area contributed by atoms with Crippen LogP contribution >= 0.6 is 0 Å². The van der Waals surface area contributed by atoms with Crippen LogP contribution in [0.3, 0.4) is 0 Å². The van der Waals surface area contributed by atoms with E-state index in [1.807, 2.05) is 18.3 Å². The molecule has 1 saturated heterocycles. The molecule has 3 rings (SSSR count). The van der Waals surface area contributed by atoms with Crippen molar-refractivity contribution in [3.8, 4) is 5.82 Å². The number of nitrogens with one attached hydrogen (secondary N) is 1. The molecule has 2 unspecified atom stereocenters. The highest BCUT2D eigenvalue weighted by Gasteiger charge is 2.31. The molecule has 1 aliphatic rings. The van der Waals surface area contributed by atoms with E-state index in [0.717, 1.165) is 37.4 Å². The monoisotopic (exact) mass is 286 g/mol. The largest absolute Gasteiger partial charge is 0.379 e. The van der Waals surface area contributed by atoms with Gasteiger partial charge in [0.25, 0.3) is 0 Å². The molecule has 0 aliphatic carbocycles. The maximum atomic E-state index is 5.91. The summed E-state index contributed by atoms with van der Waals surface area (Å²) in [5.74, 6) is 0.840. The second kappa shape index (κ2) is 5.85. The van der Waals surface area contributed by atoms with E-state index in [1.165, 1.54) is 0 Å². The van der Waals surface area contributed by atoms with Gasteiger partial charge in [0.1, 0.15) is 0 Å². The number of hydrogen-bond acceptors (Lipinski definition) is 4. The lowest BCUT2D eigenvalue weighted by Crippen LogP contribution is -2.42. The molecule has 0 bridgehead atoms. The Balaban J connectivity index is 1.79. The molecule has 1 N–H and O–H groups in total. The third-order valence-electron chi connectivity index (χ3n) is 4.21. The molecule has 3 heterocycles. The average Bonchev–Trinajstić information content (AvgIpc) is 3.02. The van der Waals surface area contributed by atoms with Gasteiger partial charge < -0.3 is 10.1 Å². The minimum atomic E-state index is -0.0238. The number of nitrogens with zero attached hydrogens (tertiary/aromatic N) is 3. The summed E-state index contributed by atoms with van der Waals surface area (Å²) < 4.78 is 7.70. The second-order valence-corrected chi connectivity index (χ2v) is 5.81. The molecule has 112 valence electrons. The Hall–Kier alpha value is -1.88. The minimum Gasteiger partial charge on any atom is -0.379 e. The van der Waals surface area contributed by atoms with Crippen LogP contribution in [-0.4, -0.2) is 33.0 Å². The van der Waals surface area contributed by atoms with E-state index >= 15 is 0 Å². The van der Waals surface area contributed by atoms with E-state index in [9.17, 15) is 0 Å². The van der Waals surface area contributed by atoms with Crippen molar-refractivity contribution >= 4 is 5.69 Å². The van der Waals surface area contributed by atoms with E-state index in [-0.39, 0.29) is 5.60 Å². The molecule has 0 saturated carbocycles. The number of hydrogen-bond donors (Lipinski definition) is 1. The minimum absolute atomic E-state index is 0.0238. The van der Waals surface area contributed by atoms with E-state index in [4.69, 9.17) is 4.74 Å². The van der Waals surface area contributed by atoms with Crippen LogP contribution in [0.2, 0.25) is 0 Å². The van der Waals surface area contributed by atoms with Gasteiger partial charge in [0.05, 0.1) is 11.3 Å². The first-order chi connectivity index (χ1) is 10.2. The number of anilines is 1. The Morgan fingerprint density at radius 1 is 1.43 bits per heavy atom. The van der Waals surface area contributed by atoms with Crippen LogP contribution in [0.1, 0.15) is 33.1 Å². The summed E-state index contributed by atoms with van der Waals surface area (Å²) in [7, 11) is 0. The molecule has 21 heavy (non-hydrogen) atoms. The molecule has 0 spiro atoms. The molecule has 0 aromatic carbocycles. The van der Waals surface area contributed by atoms with Crippen molar-refractivity contribution in [1.82, 2.24) is 14.8 Å². The topological polar surface area (TPSA) is 52.0 Å². The Labute approximate surface area is 125 Å². The fraction of sp³-hybridized carbons (Fsp3) is 0.500. The van der Waals surface area contributed by atoms with Gasteiger partial charge in [-0.15, -0.1) is 0 Å². The molecule has 2 aromatic heterocycles. The molecule has 2 aromatic rings. The zero-order chi connectivity index (χ0) is 14.7. The van der Waals surface area contributed by atoms with Crippen molar-refractivity contribution < 1.29 is 4.74 Å². The van der Waals surface area contributed by atoms with Crippen LogP contribution in [-0.2, 0) is 4.74 Å². The summed E-state index contributed by atoms with van der Waals surface area (Å²) in [6.45, 7) is 5.18. The van der Waals surface area contributed by atoms with Crippen molar-refractivity contribution in [2.75, 3.05) is 11.9 Å². The van der Waals surface area contributed by atoms with Crippen LogP contribution in [0, 0.1) is 0 Å². The fourth-order valence-corrected chi connectivity index (χ4v) is 2.81. The van der Waals surface area contributed by atoms with Gasteiger partial charge in [0.2, 0.25) is 0 Å². The van der Waals surface area contributed by atoms with E-state index in [2.05, 4.69) is 35.3 Å². The highest BCUT2D eigenvalue weighted by atomic mass is 16.5. The Morgan fingerprint density at radius 3 is 3.10 bits per heavy atom. The van der Waals surface area contributed by atoms with Crippen molar-refractivity contribution in [3.05, 3.63) is 36.8 Å². The van der Waals surface area contributed by atoms with Crippen LogP contribution < -0.4 is 5.32 Å². The van der Waals surface area contributed by atoms with Gasteiger partial charge in [-0.05, 0) is 44.4 Å². The molecule has 1 aliphatic heterocycles. The quantitative estimate of drug-likeness (QED) is 0.938. The van der Waals surface area contributed by atoms with E-state index in [1.54, 1.807) is 17.1 Å². The Kier molecular flexibility index (Phi) is 3.92. The van der Waals surface area contributed by atoms with Gasteiger partial charge in [0.15, 0.2) is 5.82 Å². The molecular weight excluding hydrogens is 264 g/mol. The van der Waals surface area contributed by atoms with Crippen LogP contribution in [0.4, 0.5) is 5.69 Å². The van der Waals surface area contributed by atoms with Gasteiger partial charge in [-0.1, -0.05) is 6.92 Å². The van der Waals surface area contributed by atoms with Crippen molar-refractivity contribution in [2.45, 2.75) is 44.8 Å². The standard InChI is InChI=1S/C16H22N4O/c1-3-16(2)12-13(7-11-21-16)19-14-6-4-8-17-15(14)20-10-5-9-18-20/h4-6,8-10,13,19H,3,7,11-12H2,1-2H3. The molecular formula is C16H22N4O. The highest BCUT2D eigenvalue weighted by molar-refractivity contribution is 5.56. The van der Waals surface area contributed by atoms with E-state index in [0.29, 0.717) is 6.04 Å². The van der Waals surface area contributed by atoms with Gasteiger partial charge in [-0.3, -0.25) is 0 Å². The van der Waals surface area contributed by atoms with E-state index < -0.39 is 0 Å². The molecule has 0 amide bonds. The molecule has 1 fully saturated rings. The van der Waals surface area contributed by atoms with Crippen LogP contribution in [0.5, 0.6) is 0 Å². The summed E-state index contributed by atoms with van der Waals surface area (Å²) in [6.07, 6.45) is 8.53. The van der Waals surface area contributed by atoms with Gasteiger partial charge in [-0.2, -0.15) is 5.10 Å². The number of pyridine rings is 1. The van der Waals surface area contributed by atoms with Crippen LogP contribution in [0.15, 0.2) is 36.8 Å². The zero-order valence-corrected chi connectivity index (χ0v) is 12.6. The summed E-state index contributed by atoms with van der Waals surface area (Å²) in [5, 5.41) is 7.90. The lowest BCUT2D eigenvalue weighted by atomic mass is 9.90. The predicted molar refractivity (Wildman–Crippen MR) is 82.7 cm³/mol. The van der Waals surface area contributed by atoms with Crippen molar-refractivity contribution in [1.29, 1.82) is 0 Å². The van der Waals surface area contributed by atoms with Gasteiger partial charge >= 0.3 is 0 Å². The fourth-order valence-electron chi connectivity index (χ4n) is 2.81. The van der Waals surface area contributed by atoms with Crippen molar-refractivity contribution in [2.24, 2.45) is 0 Å². The SMILES string of the molecule is CCC1(C)CC(Nc2cccnc2-n2cccn2)CCO1. The first-order valence-electron chi connectivity index (χ1n) is 7.56. The molecule has 5 nitrogen and oxygen atoms in total. The Morgan fingerprint density at radius 2 is 2.33 bits per heavy atom. The summed E-state index contributed by atoms with van der Waals surface area (Å²) >= 11 is 0. The molecule has 5 heteroatoms. The maximum absolute atomic E-state index is 5.91. The third kappa shape index (κ3) is 3.08. The predicted octanol–water partition coefficient (Wildman–Crippen LogP) is 3.03. The summed E-state index contributed by atoms with van der Waals surface area (Å²) in [5.41, 5.74) is 0.996. The smallest absolute Gasteiger partial charge is 0.176 e. The highest BCUT2D eigenvalue weighted by Crippen LogP contribution is 2.30. The van der Waals surface area contributed by atoms with Gasteiger partial charge in [-0.25, -0.2) is 9.67 Å². The third-order valence-corrected chi connectivity index (χ3v) is 4.21. The maximum Gasteiger partial charge on any atom is 0.176 e. The zero-order valence-electron chi connectivity index (χ0n) is 12.6. The molecule has 0 radical (unpaired) electrons. The number of aromatic nitrogens is 3. The lowest BCUT2D eigenvalue weighted by molar-refractivity contribution is -0.0708. The number of rotatable bonds is 4. The first kappa shape index (κ1) is 14.1. The summed E-state index contributed by atoms with van der Waals surface area (Å²) in [4.78, 5) is 4.45. The Bertz CT molecular complexity index is 584. The second-order valence-electron chi connectivity index (χ2n) is 5.81. The van der Waals surface area contributed by atoms with Gasteiger partial charge in [0, 0.05) is 31.2 Å². The first-order valence-corrected chi connectivity index (χ1v) is 7.56. The normalized spacial score (nSPS) is 25.7. The summed E-state index contributed by atoms with van der Waals surface area (Å²) in [6, 6.07) is 6.32. The molecule has 2 atom stereocenters. The lowest BCUT2D eigenvalue weighted by Gasteiger charge is -2.38. The average molecular weight is 286 g/mol. The number of ether oxygens (including phenoxy) is 1. The van der Waals surface area contributed by atoms with Crippen LogP contribution in [0.25, 0.3) is 5.82 Å². The van der Waals surface area contributed by atoms with Crippen molar-refractivity contribution in [3.63, 3.8) is 0 Å².